The van der Waals surface area contributed by atoms with Gasteiger partial charge in [-0.3, -0.25) is 0 Å². The normalized spacial score (nSPS) is 12.6. The van der Waals surface area contributed by atoms with Crippen LogP contribution in [-0.2, 0) is 0 Å². The summed E-state index contributed by atoms with van der Waals surface area (Å²) in [6.45, 7) is 6.14. The Kier molecular flexibility index (Phi) is 4.32. The van der Waals surface area contributed by atoms with Crippen molar-refractivity contribution >= 4 is 12.6 Å². The van der Waals surface area contributed by atoms with Gasteiger partial charge in [-0.05, 0) is 27.9 Å². The molecule has 0 amide bonds. The van der Waals surface area contributed by atoms with Crippen LogP contribution >= 0.6 is 12.6 Å². The molecule has 0 aliphatic rings. The molecule has 0 unspecified atom stereocenters. The van der Waals surface area contributed by atoms with E-state index in [9.17, 15) is 0 Å². The molecule has 0 atom stereocenters. The van der Waals surface area contributed by atoms with Crippen LogP contribution in [0, 0.1) is 0 Å². The van der Waals surface area contributed by atoms with E-state index in [1.54, 1.807) is 0 Å². The first-order chi connectivity index (χ1) is 4.42. The molecule has 0 bridgehead atoms. The Morgan fingerprint density at radius 1 is 1.40 bits per heavy atom. The van der Waals surface area contributed by atoms with E-state index in [-0.39, 0.29) is 4.87 Å². The minimum Gasteiger partial charge on any atom is -0.308 e. The molecule has 0 radical (unpaired) electrons. The fourth-order valence-corrected chi connectivity index (χ4v) is 0.697. The van der Waals surface area contributed by atoms with Gasteiger partial charge in [0, 0.05) is 13.1 Å². The highest BCUT2D eigenvalue weighted by Crippen LogP contribution is 2.04. The van der Waals surface area contributed by atoms with Crippen molar-refractivity contribution in [1.29, 1.82) is 0 Å². The van der Waals surface area contributed by atoms with Crippen LogP contribution in [0.25, 0.3) is 0 Å². The molecule has 0 aromatic rings. The number of likely N-dealkylation sites (N-methyl/N-ethyl adjacent to an activating group) is 1. The lowest BCUT2D eigenvalue weighted by molar-refractivity contribution is 0.385. The Balaban J connectivity index is 3.21. The maximum atomic E-state index is 4.33. The van der Waals surface area contributed by atoms with Crippen molar-refractivity contribution in [2.75, 3.05) is 27.2 Å². The number of nitrogens with one attached hydrogen (secondary N) is 1. The van der Waals surface area contributed by atoms with Gasteiger partial charge in [-0.15, -0.1) is 0 Å². The van der Waals surface area contributed by atoms with Crippen LogP contribution in [-0.4, -0.2) is 37.0 Å². The molecule has 0 aliphatic carbocycles. The highest BCUT2D eigenvalue weighted by molar-refractivity contribution is 7.81. The Morgan fingerprint density at radius 2 is 1.90 bits per heavy atom. The zero-order valence-electron chi connectivity index (χ0n) is 7.31. The summed E-state index contributed by atoms with van der Waals surface area (Å²) in [4.78, 5) is 2.10. The molecule has 0 spiro atoms. The maximum Gasteiger partial charge on any atom is 0.0558 e. The van der Waals surface area contributed by atoms with Crippen molar-refractivity contribution < 1.29 is 0 Å². The molecule has 0 saturated carbocycles. The predicted octanol–water partition coefficient (Wildman–Crippen LogP) is 0.803. The van der Waals surface area contributed by atoms with Crippen molar-refractivity contribution in [2.24, 2.45) is 0 Å². The van der Waals surface area contributed by atoms with E-state index in [2.05, 4.69) is 36.9 Å². The molecule has 0 fully saturated rings. The molecule has 62 valence electrons. The van der Waals surface area contributed by atoms with E-state index in [4.69, 9.17) is 0 Å². The SMILES string of the molecule is CN(C)CCNC(C)(C)S. The largest absolute Gasteiger partial charge is 0.308 e. The van der Waals surface area contributed by atoms with E-state index >= 15 is 0 Å². The lowest BCUT2D eigenvalue weighted by Crippen LogP contribution is -2.38. The quantitative estimate of drug-likeness (QED) is 0.470. The third-order valence-corrected chi connectivity index (χ3v) is 1.27. The molecule has 1 N–H and O–H groups in total. The van der Waals surface area contributed by atoms with Crippen LogP contribution in [0.1, 0.15) is 13.8 Å². The van der Waals surface area contributed by atoms with Gasteiger partial charge in [0.2, 0.25) is 0 Å². The molecule has 2 nitrogen and oxygen atoms in total. The zero-order valence-corrected chi connectivity index (χ0v) is 8.20. The Morgan fingerprint density at radius 3 is 2.20 bits per heavy atom. The number of nitrogens with zero attached hydrogens (tertiary/aromatic N) is 1. The summed E-state index contributed by atoms with van der Waals surface area (Å²) in [7, 11) is 4.13. The van der Waals surface area contributed by atoms with Crippen LogP contribution in [0.4, 0.5) is 0 Å². The predicted molar refractivity (Wildman–Crippen MR) is 49.6 cm³/mol. The van der Waals surface area contributed by atoms with E-state index in [0.29, 0.717) is 0 Å². The lowest BCUT2D eigenvalue weighted by atomic mass is 10.4. The number of hydrogen-bond donors (Lipinski definition) is 2. The highest BCUT2D eigenvalue weighted by atomic mass is 32.1. The standard InChI is InChI=1S/C7H18N2S/c1-7(2,10)8-5-6-9(3)4/h8,10H,5-6H2,1-4H3. The summed E-state index contributed by atoms with van der Waals surface area (Å²) in [6.07, 6.45) is 0. The van der Waals surface area contributed by atoms with Gasteiger partial charge in [0.05, 0.1) is 4.87 Å². The molecule has 0 saturated heterocycles. The monoisotopic (exact) mass is 162 g/mol. The van der Waals surface area contributed by atoms with Gasteiger partial charge < -0.3 is 10.2 Å². The molecular weight excluding hydrogens is 144 g/mol. The van der Waals surface area contributed by atoms with Crippen molar-refractivity contribution in [3.63, 3.8) is 0 Å². The molecular formula is C7H18N2S. The Hall–Kier alpha value is 0.270. The van der Waals surface area contributed by atoms with Crippen LogP contribution in [0.5, 0.6) is 0 Å². The minimum atomic E-state index is -0.0456. The fraction of sp³-hybridized carbons (Fsp3) is 1.00. The average molecular weight is 162 g/mol. The van der Waals surface area contributed by atoms with Crippen molar-refractivity contribution in [1.82, 2.24) is 10.2 Å². The van der Waals surface area contributed by atoms with E-state index < -0.39 is 0 Å². The molecule has 0 aliphatic heterocycles. The Bertz CT molecular complexity index is 86.1. The maximum absolute atomic E-state index is 4.33. The van der Waals surface area contributed by atoms with Crippen molar-refractivity contribution in [3.8, 4) is 0 Å². The summed E-state index contributed by atoms with van der Waals surface area (Å²) in [5, 5.41) is 3.28. The lowest BCUT2D eigenvalue weighted by Gasteiger charge is -2.20. The fourth-order valence-electron chi connectivity index (χ4n) is 0.585. The van der Waals surface area contributed by atoms with Gasteiger partial charge in [0.15, 0.2) is 0 Å². The first-order valence-electron chi connectivity index (χ1n) is 3.54. The van der Waals surface area contributed by atoms with Crippen molar-refractivity contribution in [3.05, 3.63) is 0 Å². The number of thiol groups is 1. The van der Waals surface area contributed by atoms with Gasteiger partial charge >= 0.3 is 0 Å². The third kappa shape index (κ3) is 8.27. The van der Waals surface area contributed by atoms with E-state index in [1.165, 1.54) is 0 Å². The van der Waals surface area contributed by atoms with Gasteiger partial charge in [-0.25, -0.2) is 0 Å². The molecule has 0 heterocycles. The van der Waals surface area contributed by atoms with Crippen LogP contribution in [0.2, 0.25) is 0 Å². The topological polar surface area (TPSA) is 15.3 Å². The van der Waals surface area contributed by atoms with E-state index in [0.717, 1.165) is 13.1 Å². The minimum absolute atomic E-state index is 0.0456. The summed E-state index contributed by atoms with van der Waals surface area (Å²) in [6, 6.07) is 0. The second-order valence-electron chi connectivity index (χ2n) is 3.29. The number of hydrogen-bond acceptors (Lipinski definition) is 3. The van der Waals surface area contributed by atoms with Crippen molar-refractivity contribution in [2.45, 2.75) is 18.7 Å². The van der Waals surface area contributed by atoms with Gasteiger partial charge in [0.1, 0.15) is 0 Å². The Labute approximate surface area is 69.4 Å². The van der Waals surface area contributed by atoms with Crippen LogP contribution in [0.15, 0.2) is 0 Å². The van der Waals surface area contributed by atoms with Gasteiger partial charge in [-0.1, -0.05) is 0 Å². The molecule has 0 aromatic carbocycles. The summed E-state index contributed by atoms with van der Waals surface area (Å²) in [5.74, 6) is 0. The summed E-state index contributed by atoms with van der Waals surface area (Å²) in [5.41, 5.74) is 0. The first-order valence-corrected chi connectivity index (χ1v) is 3.99. The second-order valence-corrected chi connectivity index (χ2v) is 4.41. The second kappa shape index (κ2) is 4.21. The highest BCUT2D eigenvalue weighted by Gasteiger charge is 2.08. The zero-order chi connectivity index (χ0) is 8.20. The number of rotatable bonds is 4. The smallest absolute Gasteiger partial charge is 0.0558 e. The first kappa shape index (κ1) is 10.3. The molecule has 0 aromatic heterocycles. The molecule has 0 rings (SSSR count). The average Bonchev–Trinajstić information content (AvgIpc) is 1.59. The van der Waals surface area contributed by atoms with Crippen LogP contribution < -0.4 is 5.32 Å². The third-order valence-electron chi connectivity index (χ3n) is 1.12. The molecule has 3 heteroatoms. The van der Waals surface area contributed by atoms with E-state index in [1.807, 2.05) is 13.8 Å². The van der Waals surface area contributed by atoms with Gasteiger partial charge in [-0.2, -0.15) is 12.6 Å². The summed E-state index contributed by atoms with van der Waals surface area (Å²) < 4.78 is 0. The molecule has 10 heavy (non-hydrogen) atoms. The summed E-state index contributed by atoms with van der Waals surface area (Å²) >= 11 is 4.33. The van der Waals surface area contributed by atoms with Gasteiger partial charge in [0.25, 0.3) is 0 Å². The van der Waals surface area contributed by atoms with Crippen LogP contribution in [0.3, 0.4) is 0 Å².